The summed E-state index contributed by atoms with van der Waals surface area (Å²) in [6, 6.07) is 65.2. The summed E-state index contributed by atoms with van der Waals surface area (Å²) in [6.45, 7) is 0. The maximum absolute atomic E-state index is 6.92. The Hall–Kier alpha value is -8.68. The number of aliphatic imine (C=N–C) groups is 2. The Morgan fingerprint density at radius 3 is 1.68 bits per heavy atom. The maximum Gasteiger partial charge on any atom is 0.162 e. The molecule has 1 aliphatic carbocycles. The van der Waals surface area contributed by atoms with Crippen LogP contribution in [-0.2, 0) is 0 Å². The van der Waals surface area contributed by atoms with Crippen LogP contribution in [0, 0.1) is 0 Å². The smallest absolute Gasteiger partial charge is 0.162 e. The highest BCUT2D eigenvalue weighted by atomic mass is 16.5. The summed E-state index contributed by atoms with van der Waals surface area (Å²) in [5.74, 6) is 4.29. The molecule has 8 aromatic carbocycles. The van der Waals surface area contributed by atoms with Crippen LogP contribution in [0.4, 0.5) is 22.7 Å². The first-order valence-corrected chi connectivity index (χ1v) is 22.0. The molecule has 65 heavy (non-hydrogen) atoms. The molecule has 5 aliphatic rings. The molecule has 0 radical (unpaired) electrons. The van der Waals surface area contributed by atoms with Crippen LogP contribution in [0.1, 0.15) is 33.9 Å². The van der Waals surface area contributed by atoms with Gasteiger partial charge >= 0.3 is 0 Å². The van der Waals surface area contributed by atoms with Crippen molar-refractivity contribution in [1.82, 2.24) is 10.6 Å². The minimum atomic E-state index is -0.131. The van der Waals surface area contributed by atoms with E-state index in [0.717, 1.165) is 79.1 Å². The molecule has 7 heteroatoms. The molecule has 0 bridgehead atoms. The van der Waals surface area contributed by atoms with Crippen LogP contribution >= 0.6 is 0 Å². The second kappa shape index (κ2) is 15.0. The number of hydrogen-bond donors (Lipinski definition) is 2. The predicted octanol–water partition coefficient (Wildman–Crippen LogP) is 13.7. The number of ether oxygens (including phenoxy) is 2. The van der Waals surface area contributed by atoms with Crippen LogP contribution in [-0.4, -0.2) is 17.7 Å². The van der Waals surface area contributed by atoms with E-state index in [2.05, 4.69) is 191 Å². The molecule has 2 N–H and O–H groups in total. The average Bonchev–Trinajstić information content (AvgIpc) is 3.38. The van der Waals surface area contributed by atoms with Gasteiger partial charge in [-0.1, -0.05) is 170 Å². The number of anilines is 3. The number of amidine groups is 2. The molecule has 0 amide bonds. The lowest BCUT2D eigenvalue weighted by atomic mass is 9.93. The van der Waals surface area contributed by atoms with Gasteiger partial charge in [-0.15, -0.1) is 0 Å². The molecule has 8 aromatic rings. The van der Waals surface area contributed by atoms with Gasteiger partial charge in [-0.2, -0.15) is 0 Å². The van der Waals surface area contributed by atoms with Crippen molar-refractivity contribution in [2.24, 2.45) is 9.98 Å². The van der Waals surface area contributed by atoms with E-state index >= 15 is 0 Å². The molecule has 308 valence electrons. The molecule has 0 saturated heterocycles. The van der Waals surface area contributed by atoms with Crippen LogP contribution in [0.5, 0.6) is 23.0 Å². The zero-order chi connectivity index (χ0) is 42.8. The van der Waals surface area contributed by atoms with Crippen molar-refractivity contribution in [3.63, 3.8) is 0 Å². The van der Waals surface area contributed by atoms with E-state index < -0.39 is 0 Å². The Balaban J connectivity index is 0.897. The third-order valence-corrected chi connectivity index (χ3v) is 12.8. The summed E-state index contributed by atoms with van der Waals surface area (Å²) in [5.41, 5.74) is 15.3. The van der Waals surface area contributed by atoms with E-state index in [4.69, 9.17) is 19.5 Å². The van der Waals surface area contributed by atoms with Crippen molar-refractivity contribution >= 4 is 40.1 Å². The number of para-hydroxylation sites is 4. The van der Waals surface area contributed by atoms with Crippen molar-refractivity contribution in [3.05, 3.63) is 246 Å². The van der Waals surface area contributed by atoms with Crippen LogP contribution in [0.3, 0.4) is 0 Å². The lowest BCUT2D eigenvalue weighted by Gasteiger charge is -2.39. The molecule has 2 atom stereocenters. The van der Waals surface area contributed by atoms with E-state index in [1.54, 1.807) is 0 Å². The van der Waals surface area contributed by atoms with Crippen molar-refractivity contribution in [2.75, 3.05) is 4.90 Å². The summed E-state index contributed by atoms with van der Waals surface area (Å²) in [6.07, 6.45) is 8.51. The molecular formula is C58H39N5O2. The molecule has 0 spiro atoms. The normalized spacial score (nSPS) is 17.1. The third kappa shape index (κ3) is 6.20. The van der Waals surface area contributed by atoms with Crippen LogP contribution in [0.15, 0.2) is 228 Å². The van der Waals surface area contributed by atoms with E-state index in [1.807, 2.05) is 36.4 Å². The Morgan fingerprint density at radius 2 is 1.02 bits per heavy atom. The largest absolute Gasteiger partial charge is 0.452 e. The van der Waals surface area contributed by atoms with Gasteiger partial charge < -0.3 is 20.1 Å². The van der Waals surface area contributed by atoms with Gasteiger partial charge in [0.2, 0.25) is 0 Å². The predicted molar refractivity (Wildman–Crippen MR) is 261 cm³/mol. The fourth-order valence-corrected chi connectivity index (χ4v) is 9.64. The molecule has 0 fully saturated rings. The zero-order valence-corrected chi connectivity index (χ0v) is 35.0. The molecule has 4 heterocycles. The number of nitrogens with zero attached hydrogens (tertiary/aromatic N) is 3. The first-order valence-electron chi connectivity index (χ1n) is 22.0. The van der Waals surface area contributed by atoms with Gasteiger partial charge in [-0.3, -0.25) is 4.90 Å². The summed E-state index contributed by atoms with van der Waals surface area (Å²) < 4.78 is 13.8. The number of rotatable bonds is 6. The Labute approximate surface area is 376 Å². The molecule has 4 aliphatic heterocycles. The van der Waals surface area contributed by atoms with Gasteiger partial charge in [0.15, 0.2) is 23.0 Å². The summed E-state index contributed by atoms with van der Waals surface area (Å²) in [4.78, 5) is 12.9. The van der Waals surface area contributed by atoms with E-state index in [1.165, 1.54) is 16.7 Å². The van der Waals surface area contributed by atoms with Crippen molar-refractivity contribution < 1.29 is 9.47 Å². The van der Waals surface area contributed by atoms with Crippen LogP contribution in [0.25, 0.3) is 28.0 Å². The Bertz CT molecular complexity index is 3370. The topological polar surface area (TPSA) is 70.5 Å². The monoisotopic (exact) mass is 837 g/mol. The van der Waals surface area contributed by atoms with Gasteiger partial charge in [0.05, 0.1) is 46.0 Å². The van der Waals surface area contributed by atoms with Crippen molar-refractivity contribution in [3.8, 4) is 45.3 Å². The molecule has 0 aromatic heterocycles. The van der Waals surface area contributed by atoms with Gasteiger partial charge in [-0.25, -0.2) is 9.98 Å². The van der Waals surface area contributed by atoms with Gasteiger partial charge in [0, 0.05) is 16.7 Å². The van der Waals surface area contributed by atoms with Crippen molar-refractivity contribution in [1.29, 1.82) is 0 Å². The fraction of sp³-hybridized carbons (Fsp3) is 0.0345. The summed E-state index contributed by atoms with van der Waals surface area (Å²) in [7, 11) is 0. The lowest BCUT2D eigenvalue weighted by molar-refractivity contribution is 0.444. The van der Waals surface area contributed by atoms with E-state index in [-0.39, 0.29) is 12.1 Å². The SMILES string of the molecule is C1=CC2=C(c3ccc(-c4ccccc4)cc3)N=C(c3cccc4c3Oc3cccc5c3N4c3cccc(C4=Nc6ccccc6C(c6ccc(-c7ccccc7)cc6)N4)c3O5)NC2C=C1. The van der Waals surface area contributed by atoms with Crippen molar-refractivity contribution in [2.45, 2.75) is 12.1 Å². The maximum atomic E-state index is 6.92. The number of hydrogen-bond acceptors (Lipinski definition) is 7. The minimum absolute atomic E-state index is 0.0687. The first-order chi connectivity index (χ1) is 32.2. The van der Waals surface area contributed by atoms with Crippen LogP contribution < -0.4 is 25.0 Å². The zero-order valence-electron chi connectivity index (χ0n) is 35.0. The highest BCUT2D eigenvalue weighted by Gasteiger charge is 2.39. The second-order valence-corrected chi connectivity index (χ2v) is 16.6. The number of nitrogens with one attached hydrogen (secondary N) is 2. The van der Waals surface area contributed by atoms with Gasteiger partial charge in [-0.05, 0) is 70.3 Å². The average molecular weight is 838 g/mol. The summed E-state index contributed by atoms with van der Waals surface area (Å²) >= 11 is 0. The Kier molecular flexibility index (Phi) is 8.52. The Morgan fingerprint density at radius 1 is 0.462 bits per heavy atom. The number of benzene rings is 8. The molecular weight excluding hydrogens is 799 g/mol. The van der Waals surface area contributed by atoms with Crippen LogP contribution in [0.2, 0.25) is 0 Å². The lowest BCUT2D eigenvalue weighted by Crippen LogP contribution is -2.39. The second-order valence-electron chi connectivity index (χ2n) is 16.6. The van der Waals surface area contributed by atoms with E-state index in [0.29, 0.717) is 23.0 Å². The summed E-state index contributed by atoms with van der Waals surface area (Å²) in [5, 5.41) is 7.60. The third-order valence-electron chi connectivity index (χ3n) is 12.8. The van der Waals surface area contributed by atoms with Gasteiger partial charge in [0.25, 0.3) is 0 Å². The van der Waals surface area contributed by atoms with E-state index in [9.17, 15) is 0 Å². The number of allylic oxidation sites excluding steroid dienone is 2. The molecule has 2 unspecified atom stereocenters. The molecule has 7 nitrogen and oxygen atoms in total. The highest BCUT2D eigenvalue weighted by Crippen LogP contribution is 2.61. The minimum Gasteiger partial charge on any atom is -0.452 e. The first kappa shape index (κ1) is 36.9. The fourth-order valence-electron chi connectivity index (χ4n) is 9.64. The standard InChI is InChI=1S/C58H39N5O2/c1-3-14-36(15-4-1)38-28-32-40(33-29-38)52-42-18-7-9-22-46(42)59-57(61-52)44-20-11-24-48-55(44)64-50-26-13-27-51-54(50)63(48)49-25-12-21-45(56(49)65-51)58-60-47-23-10-8-19-43(47)53(62-58)41-34-30-39(31-35-41)37-16-5-2-6-17-37/h1-35,46,53H,(H,59,61)(H,60,62). The molecule has 13 rings (SSSR count). The quantitative estimate of drug-likeness (QED) is 0.175. The molecule has 0 saturated carbocycles. The number of fused-ring (bicyclic) bond motifs is 6. The highest BCUT2D eigenvalue weighted by molar-refractivity contribution is 6.11. The van der Waals surface area contributed by atoms with Gasteiger partial charge in [0.1, 0.15) is 17.4 Å².